The van der Waals surface area contributed by atoms with Crippen molar-refractivity contribution in [2.45, 2.75) is 12.8 Å². The fourth-order valence-corrected chi connectivity index (χ4v) is 4.56. The van der Waals surface area contributed by atoms with Gasteiger partial charge in [0.05, 0.1) is 0 Å². The molecule has 0 heterocycles. The average Bonchev–Trinajstić information content (AvgIpc) is 2.69. The summed E-state index contributed by atoms with van der Waals surface area (Å²) in [5.74, 6) is 2.05. The second-order valence-corrected chi connectivity index (χ2v) is 7.40. The highest BCUT2D eigenvalue weighted by molar-refractivity contribution is 5.96. The van der Waals surface area contributed by atoms with E-state index in [1.807, 2.05) is 0 Å². The highest BCUT2D eigenvalue weighted by Crippen LogP contribution is 2.35. The van der Waals surface area contributed by atoms with Gasteiger partial charge in [-0.25, -0.2) is 0 Å². The first-order valence-electron chi connectivity index (χ1n) is 9.45. The van der Waals surface area contributed by atoms with Crippen LogP contribution in [0, 0.1) is 0 Å². The zero-order chi connectivity index (χ0) is 17.8. The summed E-state index contributed by atoms with van der Waals surface area (Å²) >= 11 is 0. The number of rotatable bonds is 2. The highest BCUT2D eigenvalue weighted by Gasteiger charge is 2.18. The second kappa shape index (κ2) is 5.59. The van der Waals surface area contributed by atoms with Gasteiger partial charge in [-0.1, -0.05) is 72.8 Å². The third kappa shape index (κ3) is 2.32. The Kier molecular flexibility index (Phi) is 3.06. The molecular weight excluding hydrogens is 328 g/mol. The van der Waals surface area contributed by atoms with E-state index < -0.39 is 0 Å². The van der Waals surface area contributed by atoms with Crippen molar-refractivity contribution in [3.05, 3.63) is 107 Å². The molecule has 27 heavy (non-hydrogen) atoms. The molecule has 0 aliphatic heterocycles. The van der Waals surface area contributed by atoms with Crippen molar-refractivity contribution in [2.75, 3.05) is 0 Å². The maximum absolute atomic E-state index is 6.43. The third-order valence-corrected chi connectivity index (χ3v) is 5.67. The Morgan fingerprint density at radius 1 is 0.519 bits per heavy atom. The molecule has 0 spiro atoms. The molecule has 128 valence electrons. The molecule has 4 aromatic carbocycles. The average molecular weight is 346 g/mol. The Labute approximate surface area is 158 Å². The van der Waals surface area contributed by atoms with Crippen LogP contribution in [0.1, 0.15) is 22.3 Å². The van der Waals surface area contributed by atoms with Crippen LogP contribution in [0.3, 0.4) is 0 Å². The first-order valence-corrected chi connectivity index (χ1v) is 9.45. The van der Waals surface area contributed by atoms with Gasteiger partial charge in [0.15, 0.2) is 0 Å². The van der Waals surface area contributed by atoms with Crippen LogP contribution in [0.5, 0.6) is 0 Å². The van der Waals surface area contributed by atoms with E-state index in [1.54, 1.807) is 0 Å². The summed E-state index contributed by atoms with van der Waals surface area (Å²) in [4.78, 5) is 0. The third-order valence-electron chi connectivity index (χ3n) is 5.67. The van der Waals surface area contributed by atoms with Crippen LogP contribution in [0.4, 0.5) is 0 Å². The Morgan fingerprint density at radius 3 is 1.44 bits per heavy atom. The molecule has 1 heteroatoms. The quantitative estimate of drug-likeness (QED) is 0.402. The molecule has 2 aliphatic carbocycles. The first kappa shape index (κ1) is 14.8. The van der Waals surface area contributed by atoms with E-state index in [4.69, 9.17) is 4.74 Å². The van der Waals surface area contributed by atoms with Crippen molar-refractivity contribution in [2.24, 2.45) is 0 Å². The van der Waals surface area contributed by atoms with Crippen LogP contribution < -0.4 is 0 Å². The number of hydrogen-bond acceptors (Lipinski definition) is 1. The smallest absolute Gasteiger partial charge is 0.109 e. The Hall–Kier alpha value is -3.32. The number of benzene rings is 4. The fraction of sp³-hybridized carbons (Fsp3) is 0.0769. The normalized spacial score (nSPS) is 14.8. The summed E-state index contributed by atoms with van der Waals surface area (Å²) in [5.41, 5.74) is 5.20. The SMILES string of the molecule is C1=C(OC2=Cc3cccc4cccc(c34)C2)Cc2cccc3cccc1c23. The monoisotopic (exact) mass is 346 g/mol. The summed E-state index contributed by atoms with van der Waals surface area (Å²) in [6.45, 7) is 0. The maximum Gasteiger partial charge on any atom is 0.109 e. The predicted molar refractivity (Wildman–Crippen MR) is 112 cm³/mol. The zero-order valence-corrected chi connectivity index (χ0v) is 14.9. The summed E-state index contributed by atoms with van der Waals surface area (Å²) in [6.07, 6.45) is 6.10. The van der Waals surface area contributed by atoms with E-state index in [9.17, 15) is 0 Å². The van der Waals surface area contributed by atoms with E-state index >= 15 is 0 Å². The van der Waals surface area contributed by atoms with Gasteiger partial charge >= 0.3 is 0 Å². The van der Waals surface area contributed by atoms with Crippen molar-refractivity contribution >= 4 is 33.7 Å². The van der Waals surface area contributed by atoms with Crippen molar-refractivity contribution in [3.63, 3.8) is 0 Å². The lowest BCUT2D eigenvalue weighted by Crippen LogP contribution is -2.06. The Bertz CT molecular complexity index is 1180. The standard InChI is InChI=1S/C26H18O/c1-5-17-6-2-10-20-14-23(13-19(9-1)25(17)20)27-24-15-21-11-3-7-18-8-4-12-22(16-24)26(18)21/h1-13,15H,14,16H2. The second-order valence-electron chi connectivity index (χ2n) is 7.40. The van der Waals surface area contributed by atoms with Crippen molar-refractivity contribution in [3.8, 4) is 0 Å². The van der Waals surface area contributed by atoms with E-state index in [0.29, 0.717) is 0 Å². The molecule has 0 radical (unpaired) electrons. The van der Waals surface area contributed by atoms with Gasteiger partial charge in [0.1, 0.15) is 11.5 Å². The first-order chi connectivity index (χ1) is 13.3. The Balaban J connectivity index is 1.41. The van der Waals surface area contributed by atoms with Gasteiger partial charge in [-0.05, 0) is 56.0 Å². The van der Waals surface area contributed by atoms with Gasteiger partial charge in [-0.3, -0.25) is 0 Å². The fourth-order valence-electron chi connectivity index (χ4n) is 4.56. The lowest BCUT2D eigenvalue weighted by molar-refractivity contribution is 0.296. The number of ether oxygens (including phenoxy) is 1. The summed E-state index contributed by atoms with van der Waals surface area (Å²) in [5, 5.41) is 5.33. The van der Waals surface area contributed by atoms with Crippen molar-refractivity contribution < 1.29 is 4.74 Å². The van der Waals surface area contributed by atoms with Gasteiger partial charge < -0.3 is 4.74 Å². The highest BCUT2D eigenvalue weighted by atomic mass is 16.5. The van der Waals surface area contributed by atoms with E-state index in [2.05, 4.69) is 84.9 Å². The maximum atomic E-state index is 6.43. The minimum atomic E-state index is 0.845. The molecule has 6 rings (SSSR count). The van der Waals surface area contributed by atoms with Crippen molar-refractivity contribution in [1.29, 1.82) is 0 Å². The van der Waals surface area contributed by atoms with Crippen molar-refractivity contribution in [1.82, 2.24) is 0 Å². The van der Waals surface area contributed by atoms with Crippen LogP contribution in [0.2, 0.25) is 0 Å². The Morgan fingerprint density at radius 2 is 0.963 bits per heavy atom. The van der Waals surface area contributed by atoms with Gasteiger partial charge in [0.25, 0.3) is 0 Å². The molecule has 0 saturated carbocycles. The molecule has 2 aliphatic rings. The molecule has 0 N–H and O–H groups in total. The number of allylic oxidation sites excluding steroid dienone is 2. The van der Waals surface area contributed by atoms with Crippen LogP contribution in [-0.2, 0) is 17.6 Å². The molecular formula is C26H18O. The van der Waals surface area contributed by atoms with Gasteiger partial charge in [-0.2, -0.15) is 0 Å². The lowest BCUT2D eigenvalue weighted by Gasteiger charge is -2.22. The lowest BCUT2D eigenvalue weighted by atomic mass is 9.91. The zero-order valence-electron chi connectivity index (χ0n) is 14.9. The minimum absolute atomic E-state index is 0.845. The number of hydrogen-bond donors (Lipinski definition) is 0. The molecule has 0 aromatic heterocycles. The minimum Gasteiger partial charge on any atom is -0.465 e. The molecule has 4 aromatic rings. The molecule has 0 unspecified atom stereocenters. The molecule has 0 bridgehead atoms. The predicted octanol–water partition coefficient (Wildman–Crippen LogP) is 6.50. The molecule has 0 saturated heterocycles. The van der Waals surface area contributed by atoms with E-state index in [-0.39, 0.29) is 0 Å². The summed E-state index contributed by atoms with van der Waals surface area (Å²) in [7, 11) is 0. The molecule has 0 amide bonds. The van der Waals surface area contributed by atoms with E-state index in [0.717, 1.165) is 24.4 Å². The summed E-state index contributed by atoms with van der Waals surface area (Å²) in [6, 6.07) is 26.1. The molecule has 0 atom stereocenters. The van der Waals surface area contributed by atoms with Crippen LogP contribution in [-0.4, -0.2) is 0 Å². The molecule has 1 nitrogen and oxygen atoms in total. The van der Waals surface area contributed by atoms with Crippen LogP contribution in [0.25, 0.3) is 33.7 Å². The largest absolute Gasteiger partial charge is 0.465 e. The van der Waals surface area contributed by atoms with E-state index in [1.165, 1.54) is 43.8 Å². The van der Waals surface area contributed by atoms with Crippen LogP contribution in [0.15, 0.2) is 84.3 Å². The van der Waals surface area contributed by atoms with Crippen LogP contribution >= 0.6 is 0 Å². The van der Waals surface area contributed by atoms with Gasteiger partial charge in [-0.15, -0.1) is 0 Å². The van der Waals surface area contributed by atoms with Gasteiger partial charge in [0.2, 0.25) is 0 Å². The molecule has 0 fully saturated rings. The van der Waals surface area contributed by atoms with Gasteiger partial charge in [0, 0.05) is 12.8 Å². The topological polar surface area (TPSA) is 9.23 Å². The summed E-state index contributed by atoms with van der Waals surface area (Å²) < 4.78 is 6.43.